The Kier molecular flexibility index (Phi) is 8.41. The summed E-state index contributed by atoms with van der Waals surface area (Å²) >= 11 is 0. The summed E-state index contributed by atoms with van der Waals surface area (Å²) in [5.41, 5.74) is 0.534. The Morgan fingerprint density at radius 1 is 0.933 bits per heavy atom. The molecule has 0 aliphatic rings. The third-order valence-electron chi connectivity index (χ3n) is 4.38. The molecule has 1 atom stereocenters. The maximum atomic E-state index is 13.7. The van der Waals surface area contributed by atoms with Gasteiger partial charge in [0, 0.05) is 0 Å². The van der Waals surface area contributed by atoms with Gasteiger partial charge in [0.2, 0.25) is 11.8 Å². The van der Waals surface area contributed by atoms with Gasteiger partial charge in [0.25, 0.3) is 0 Å². The fourth-order valence-electron chi connectivity index (χ4n) is 3.03. The van der Waals surface area contributed by atoms with Crippen LogP contribution in [0, 0.1) is 23.4 Å². The van der Waals surface area contributed by atoms with E-state index in [1.807, 2.05) is 30.3 Å². The van der Waals surface area contributed by atoms with Crippen molar-refractivity contribution in [1.82, 2.24) is 10.2 Å². The van der Waals surface area contributed by atoms with E-state index in [2.05, 4.69) is 24.5 Å². The average molecular weight is 421 g/mol. The molecular formula is C22H26F3N3O2. The molecule has 0 saturated carbocycles. The Morgan fingerprint density at radius 3 is 2.20 bits per heavy atom. The van der Waals surface area contributed by atoms with E-state index >= 15 is 0 Å². The van der Waals surface area contributed by atoms with E-state index < -0.39 is 29.0 Å². The molecule has 0 fully saturated rings. The minimum absolute atomic E-state index is 0.0604. The second-order valence-electron chi connectivity index (χ2n) is 7.60. The second-order valence-corrected chi connectivity index (χ2v) is 7.60. The Bertz CT molecular complexity index is 875. The first-order chi connectivity index (χ1) is 14.2. The number of anilines is 1. The maximum absolute atomic E-state index is 13.7. The van der Waals surface area contributed by atoms with Crippen LogP contribution in [0.1, 0.15) is 31.9 Å². The number of nitrogens with zero attached hydrogens (tertiary/aromatic N) is 1. The van der Waals surface area contributed by atoms with Crippen LogP contribution in [0.2, 0.25) is 0 Å². The Morgan fingerprint density at radius 2 is 1.57 bits per heavy atom. The summed E-state index contributed by atoms with van der Waals surface area (Å²) in [4.78, 5) is 26.0. The molecule has 0 aliphatic heterocycles. The zero-order valence-electron chi connectivity index (χ0n) is 17.2. The lowest BCUT2D eigenvalue weighted by atomic mass is 9.97. The maximum Gasteiger partial charge on any atom is 0.238 e. The molecule has 0 aliphatic carbocycles. The molecule has 0 saturated heterocycles. The highest BCUT2D eigenvalue weighted by Crippen LogP contribution is 2.21. The first-order valence-corrected chi connectivity index (χ1v) is 9.63. The van der Waals surface area contributed by atoms with Crippen molar-refractivity contribution in [3.8, 4) is 0 Å². The minimum atomic E-state index is -1.65. The summed E-state index contributed by atoms with van der Waals surface area (Å²) in [7, 11) is 1.56. The molecule has 2 amide bonds. The molecule has 0 spiro atoms. The van der Waals surface area contributed by atoms with Gasteiger partial charge >= 0.3 is 0 Å². The summed E-state index contributed by atoms with van der Waals surface area (Å²) in [5.74, 6) is -5.02. The normalized spacial score (nSPS) is 12.1. The van der Waals surface area contributed by atoms with Crippen LogP contribution in [-0.2, 0) is 9.59 Å². The fraction of sp³-hybridized carbons (Fsp3) is 0.364. The number of nitrogens with one attached hydrogen (secondary N) is 2. The minimum Gasteiger partial charge on any atom is -0.348 e. The van der Waals surface area contributed by atoms with Crippen LogP contribution in [-0.4, -0.2) is 36.9 Å². The summed E-state index contributed by atoms with van der Waals surface area (Å²) in [6.07, 6.45) is 0.759. The topological polar surface area (TPSA) is 61.4 Å². The van der Waals surface area contributed by atoms with Crippen molar-refractivity contribution in [2.45, 2.75) is 26.3 Å². The lowest BCUT2D eigenvalue weighted by molar-refractivity contribution is -0.123. The van der Waals surface area contributed by atoms with E-state index in [1.165, 1.54) is 4.90 Å². The molecule has 162 valence electrons. The van der Waals surface area contributed by atoms with E-state index in [4.69, 9.17) is 0 Å². The van der Waals surface area contributed by atoms with Gasteiger partial charge in [-0.3, -0.25) is 14.5 Å². The summed E-state index contributed by atoms with van der Waals surface area (Å²) in [5, 5.41) is 5.16. The highest BCUT2D eigenvalue weighted by Gasteiger charge is 2.19. The summed E-state index contributed by atoms with van der Waals surface area (Å²) in [6, 6.07) is 11.1. The molecule has 2 aromatic rings. The molecule has 2 aromatic carbocycles. The van der Waals surface area contributed by atoms with E-state index in [0.29, 0.717) is 5.92 Å². The predicted molar refractivity (Wildman–Crippen MR) is 109 cm³/mol. The first-order valence-electron chi connectivity index (χ1n) is 9.63. The van der Waals surface area contributed by atoms with Crippen molar-refractivity contribution in [1.29, 1.82) is 0 Å². The molecule has 2 N–H and O–H groups in total. The standard InChI is InChI=1S/C22H26F3N3O2/c1-14(2)11-18(15-7-5-4-6-8-15)27-20(30)13-28(3)12-19(29)26-17-10-9-16(23)21(24)22(17)25/h4-10,14,18H,11-13H2,1-3H3,(H,26,29)(H,27,30)/t18-/m1/s1. The zero-order valence-corrected chi connectivity index (χ0v) is 17.2. The zero-order chi connectivity index (χ0) is 22.3. The van der Waals surface area contributed by atoms with Crippen LogP contribution < -0.4 is 10.6 Å². The van der Waals surface area contributed by atoms with Crippen LogP contribution in [0.15, 0.2) is 42.5 Å². The van der Waals surface area contributed by atoms with Crippen molar-refractivity contribution >= 4 is 17.5 Å². The van der Waals surface area contributed by atoms with E-state index in [-0.39, 0.29) is 25.0 Å². The number of carbonyl (C=O) groups is 2. The van der Waals surface area contributed by atoms with Gasteiger partial charge in [-0.15, -0.1) is 0 Å². The van der Waals surface area contributed by atoms with Gasteiger partial charge in [0.15, 0.2) is 17.5 Å². The monoisotopic (exact) mass is 421 g/mol. The predicted octanol–water partition coefficient (Wildman–Crippen LogP) is 3.88. The van der Waals surface area contributed by atoms with E-state index in [0.717, 1.165) is 24.1 Å². The molecule has 30 heavy (non-hydrogen) atoms. The second kappa shape index (κ2) is 10.8. The van der Waals surface area contributed by atoms with Gasteiger partial charge in [-0.1, -0.05) is 44.2 Å². The first kappa shape index (κ1) is 23.4. The van der Waals surface area contributed by atoms with Crippen molar-refractivity contribution in [2.24, 2.45) is 5.92 Å². The molecule has 0 heterocycles. The highest BCUT2D eigenvalue weighted by atomic mass is 19.2. The van der Waals surface area contributed by atoms with Crippen LogP contribution in [0.3, 0.4) is 0 Å². The molecule has 0 radical (unpaired) electrons. The SMILES string of the molecule is CC(C)C[C@@H](NC(=O)CN(C)CC(=O)Nc1ccc(F)c(F)c1F)c1ccccc1. The molecule has 2 rings (SSSR count). The Balaban J connectivity index is 1.91. The number of hydrogen-bond acceptors (Lipinski definition) is 3. The van der Waals surface area contributed by atoms with Crippen molar-refractivity contribution < 1.29 is 22.8 Å². The summed E-state index contributed by atoms with van der Waals surface area (Å²) in [6.45, 7) is 3.84. The van der Waals surface area contributed by atoms with Gasteiger partial charge in [-0.2, -0.15) is 0 Å². The summed E-state index contributed by atoms with van der Waals surface area (Å²) < 4.78 is 39.9. The number of rotatable bonds is 9. The number of benzene rings is 2. The Hall–Kier alpha value is -2.87. The van der Waals surface area contributed by atoms with Gasteiger partial charge in [0.05, 0.1) is 24.8 Å². The number of carbonyl (C=O) groups excluding carboxylic acids is 2. The van der Waals surface area contributed by atoms with Crippen LogP contribution >= 0.6 is 0 Å². The van der Waals surface area contributed by atoms with Crippen LogP contribution in [0.25, 0.3) is 0 Å². The molecule has 0 aromatic heterocycles. The smallest absolute Gasteiger partial charge is 0.238 e. The third-order valence-corrected chi connectivity index (χ3v) is 4.38. The third kappa shape index (κ3) is 6.88. The molecule has 5 nitrogen and oxygen atoms in total. The Labute approximate surface area is 174 Å². The van der Waals surface area contributed by atoms with E-state index in [9.17, 15) is 22.8 Å². The van der Waals surface area contributed by atoms with Gasteiger partial charge < -0.3 is 10.6 Å². The molecular weight excluding hydrogens is 395 g/mol. The number of hydrogen-bond donors (Lipinski definition) is 2. The van der Waals surface area contributed by atoms with Gasteiger partial charge in [0.1, 0.15) is 0 Å². The highest BCUT2D eigenvalue weighted by molar-refractivity contribution is 5.92. The largest absolute Gasteiger partial charge is 0.348 e. The number of halogens is 3. The number of likely N-dealkylation sites (N-methyl/N-ethyl adjacent to an activating group) is 1. The van der Waals surface area contributed by atoms with Crippen molar-refractivity contribution in [2.75, 3.05) is 25.5 Å². The molecule has 8 heteroatoms. The van der Waals surface area contributed by atoms with Crippen molar-refractivity contribution in [3.05, 3.63) is 65.5 Å². The van der Waals surface area contributed by atoms with E-state index in [1.54, 1.807) is 7.05 Å². The lowest BCUT2D eigenvalue weighted by Gasteiger charge is -2.23. The van der Waals surface area contributed by atoms with Gasteiger partial charge in [-0.05, 0) is 37.1 Å². The average Bonchev–Trinajstić information content (AvgIpc) is 2.68. The van der Waals surface area contributed by atoms with Crippen molar-refractivity contribution in [3.63, 3.8) is 0 Å². The quantitative estimate of drug-likeness (QED) is 0.604. The molecule has 0 bridgehead atoms. The molecule has 0 unspecified atom stereocenters. The van der Waals surface area contributed by atoms with Crippen LogP contribution in [0.5, 0.6) is 0 Å². The fourth-order valence-corrected chi connectivity index (χ4v) is 3.03. The lowest BCUT2D eigenvalue weighted by Crippen LogP contribution is -2.40. The van der Waals surface area contributed by atoms with Crippen LogP contribution in [0.4, 0.5) is 18.9 Å². The number of amides is 2. The van der Waals surface area contributed by atoms with Gasteiger partial charge in [-0.25, -0.2) is 13.2 Å².